The van der Waals surface area contributed by atoms with Gasteiger partial charge in [-0.1, -0.05) is 64.4 Å². The number of rotatable bonds is 14. The molecule has 11 nitrogen and oxygen atoms in total. The Morgan fingerprint density at radius 3 is 1.91 bits per heavy atom. The zero-order valence-corrected chi connectivity index (χ0v) is 20.5. The molecule has 0 aliphatic carbocycles. The molecule has 194 valence electrons. The van der Waals surface area contributed by atoms with Crippen LogP contribution in [0.3, 0.4) is 0 Å². The number of benzene rings is 1. The number of aliphatic carboxylic acids is 2. The maximum Gasteiger partial charge on any atom is 0.326 e. The number of nitrogens with one attached hydrogen (secondary N) is 3. The van der Waals surface area contributed by atoms with Crippen LogP contribution in [0.5, 0.6) is 0 Å². The van der Waals surface area contributed by atoms with Gasteiger partial charge in [-0.2, -0.15) is 0 Å². The van der Waals surface area contributed by atoms with Crippen LogP contribution in [-0.2, 0) is 30.4 Å². The maximum absolute atomic E-state index is 13.1. The number of carboxylic acid groups (broad SMARTS) is 2. The summed E-state index contributed by atoms with van der Waals surface area (Å²) in [6.45, 7) is 6.69. The van der Waals surface area contributed by atoms with Gasteiger partial charge in [0.15, 0.2) is 0 Å². The first-order chi connectivity index (χ1) is 16.4. The van der Waals surface area contributed by atoms with Crippen molar-refractivity contribution in [2.24, 2.45) is 17.6 Å². The highest BCUT2D eigenvalue weighted by Gasteiger charge is 2.34. The monoisotopic (exact) mass is 492 g/mol. The Balaban J connectivity index is 2.99. The Kier molecular flexibility index (Phi) is 11.9. The van der Waals surface area contributed by atoms with E-state index in [-0.39, 0.29) is 12.3 Å². The molecule has 5 unspecified atom stereocenters. The predicted molar refractivity (Wildman–Crippen MR) is 128 cm³/mol. The summed E-state index contributed by atoms with van der Waals surface area (Å²) in [7, 11) is 0. The SMILES string of the molecule is CCC(C)C(NC(=O)C(N)Cc1ccccc1)C(=O)NC(CC(=O)O)C(=O)NC(C(=O)O)C(C)C. The minimum atomic E-state index is -1.54. The lowest BCUT2D eigenvalue weighted by Crippen LogP contribution is -2.59. The first-order valence-electron chi connectivity index (χ1n) is 11.5. The van der Waals surface area contributed by atoms with Gasteiger partial charge in [-0.3, -0.25) is 19.2 Å². The molecule has 0 saturated carbocycles. The number of nitrogens with two attached hydrogens (primary N) is 1. The lowest BCUT2D eigenvalue weighted by molar-refractivity contribution is -0.144. The zero-order valence-electron chi connectivity index (χ0n) is 20.5. The molecule has 1 aromatic carbocycles. The third-order valence-corrected chi connectivity index (χ3v) is 5.67. The van der Waals surface area contributed by atoms with Crippen LogP contribution < -0.4 is 21.7 Å². The summed E-state index contributed by atoms with van der Waals surface area (Å²) in [5, 5.41) is 25.8. The molecule has 1 rings (SSSR count). The number of carboxylic acids is 2. The molecule has 0 saturated heterocycles. The Hall–Kier alpha value is -3.47. The van der Waals surface area contributed by atoms with E-state index in [0.29, 0.717) is 6.42 Å². The van der Waals surface area contributed by atoms with E-state index in [0.717, 1.165) is 5.56 Å². The minimum absolute atomic E-state index is 0.247. The van der Waals surface area contributed by atoms with Crippen LogP contribution in [-0.4, -0.2) is 64.0 Å². The smallest absolute Gasteiger partial charge is 0.326 e. The van der Waals surface area contributed by atoms with Crippen molar-refractivity contribution in [1.29, 1.82) is 0 Å². The van der Waals surface area contributed by atoms with Gasteiger partial charge in [-0.05, 0) is 23.8 Å². The molecule has 0 aliphatic rings. The molecule has 1 aromatic rings. The van der Waals surface area contributed by atoms with Crippen LogP contribution in [0.4, 0.5) is 0 Å². The Labute approximate surface area is 204 Å². The van der Waals surface area contributed by atoms with Gasteiger partial charge in [0, 0.05) is 0 Å². The topological polar surface area (TPSA) is 188 Å². The van der Waals surface area contributed by atoms with Crippen molar-refractivity contribution in [1.82, 2.24) is 16.0 Å². The summed E-state index contributed by atoms with van der Waals surface area (Å²) in [6.07, 6.45) is -0.0232. The standard InChI is InChI=1S/C24H36N4O7/c1-5-14(4)20(28-21(31)16(25)11-15-9-7-6-8-10-15)23(33)26-17(12-18(29)30)22(32)27-19(13(2)3)24(34)35/h6-10,13-14,16-17,19-20H,5,11-12,25H2,1-4H3,(H,26,33)(H,27,32)(H,28,31)(H,29,30)(H,34,35). The fraction of sp³-hybridized carbons (Fsp3) is 0.542. The van der Waals surface area contributed by atoms with Crippen LogP contribution in [0, 0.1) is 11.8 Å². The van der Waals surface area contributed by atoms with Crippen molar-refractivity contribution >= 4 is 29.7 Å². The van der Waals surface area contributed by atoms with Crippen LogP contribution in [0.2, 0.25) is 0 Å². The van der Waals surface area contributed by atoms with E-state index in [1.165, 1.54) is 0 Å². The molecule has 11 heteroatoms. The molecule has 3 amide bonds. The Morgan fingerprint density at radius 2 is 1.43 bits per heavy atom. The molecule has 0 fully saturated rings. The quantitative estimate of drug-likeness (QED) is 0.213. The molecule has 7 N–H and O–H groups in total. The van der Waals surface area contributed by atoms with Gasteiger partial charge in [-0.15, -0.1) is 0 Å². The summed E-state index contributed by atoms with van der Waals surface area (Å²) in [5.74, 6) is -5.77. The predicted octanol–water partition coefficient (Wildman–Crippen LogP) is 0.272. The Morgan fingerprint density at radius 1 is 0.857 bits per heavy atom. The van der Waals surface area contributed by atoms with E-state index in [9.17, 15) is 34.2 Å². The summed E-state index contributed by atoms with van der Waals surface area (Å²) < 4.78 is 0. The van der Waals surface area contributed by atoms with E-state index in [4.69, 9.17) is 5.73 Å². The minimum Gasteiger partial charge on any atom is -0.481 e. The van der Waals surface area contributed by atoms with Crippen molar-refractivity contribution in [3.63, 3.8) is 0 Å². The van der Waals surface area contributed by atoms with Crippen molar-refractivity contribution in [2.45, 2.75) is 71.1 Å². The summed E-state index contributed by atoms with van der Waals surface area (Å²) in [5.41, 5.74) is 6.87. The molecular formula is C24H36N4O7. The van der Waals surface area contributed by atoms with E-state index in [2.05, 4.69) is 16.0 Å². The molecule has 0 aliphatic heterocycles. The van der Waals surface area contributed by atoms with Crippen LogP contribution in [0.1, 0.15) is 46.1 Å². The molecule has 35 heavy (non-hydrogen) atoms. The first kappa shape index (κ1) is 29.6. The molecule has 0 aromatic heterocycles. The van der Waals surface area contributed by atoms with E-state index >= 15 is 0 Å². The lowest BCUT2D eigenvalue weighted by Gasteiger charge is -2.28. The maximum atomic E-state index is 13.1. The number of carbonyl (C=O) groups excluding carboxylic acids is 3. The second-order valence-corrected chi connectivity index (χ2v) is 8.90. The average molecular weight is 493 g/mol. The van der Waals surface area contributed by atoms with E-state index < -0.39 is 66.2 Å². The van der Waals surface area contributed by atoms with E-state index in [1.54, 1.807) is 20.8 Å². The van der Waals surface area contributed by atoms with Crippen molar-refractivity contribution in [2.75, 3.05) is 0 Å². The second-order valence-electron chi connectivity index (χ2n) is 8.90. The van der Waals surface area contributed by atoms with Crippen LogP contribution >= 0.6 is 0 Å². The van der Waals surface area contributed by atoms with Gasteiger partial charge in [0.1, 0.15) is 18.1 Å². The molecule has 5 atom stereocenters. The van der Waals surface area contributed by atoms with Gasteiger partial charge in [-0.25, -0.2) is 4.79 Å². The highest BCUT2D eigenvalue weighted by molar-refractivity contribution is 5.95. The largest absolute Gasteiger partial charge is 0.481 e. The molecule has 0 spiro atoms. The summed E-state index contributed by atoms with van der Waals surface area (Å²) in [6, 6.07) is 4.29. The molecular weight excluding hydrogens is 456 g/mol. The fourth-order valence-electron chi connectivity index (χ4n) is 3.34. The van der Waals surface area contributed by atoms with Crippen LogP contribution in [0.15, 0.2) is 30.3 Å². The molecule has 0 heterocycles. The fourth-order valence-corrected chi connectivity index (χ4v) is 3.34. The Bertz CT molecular complexity index is 891. The number of hydrogen-bond donors (Lipinski definition) is 6. The van der Waals surface area contributed by atoms with Gasteiger partial charge >= 0.3 is 11.9 Å². The summed E-state index contributed by atoms with van der Waals surface area (Å²) >= 11 is 0. The van der Waals surface area contributed by atoms with Crippen LogP contribution in [0.25, 0.3) is 0 Å². The molecule has 0 bridgehead atoms. The zero-order chi connectivity index (χ0) is 26.7. The first-order valence-corrected chi connectivity index (χ1v) is 11.5. The van der Waals surface area contributed by atoms with Crippen molar-refractivity contribution in [3.8, 4) is 0 Å². The lowest BCUT2D eigenvalue weighted by atomic mass is 9.96. The third-order valence-electron chi connectivity index (χ3n) is 5.67. The van der Waals surface area contributed by atoms with Gasteiger partial charge in [0.25, 0.3) is 0 Å². The van der Waals surface area contributed by atoms with Gasteiger partial charge in [0.05, 0.1) is 12.5 Å². The second kappa shape index (κ2) is 14.1. The number of amides is 3. The van der Waals surface area contributed by atoms with Gasteiger partial charge in [0.2, 0.25) is 17.7 Å². The normalized spacial score (nSPS) is 15.3. The highest BCUT2D eigenvalue weighted by Crippen LogP contribution is 2.11. The summed E-state index contributed by atoms with van der Waals surface area (Å²) in [4.78, 5) is 61.2. The third kappa shape index (κ3) is 9.73. The van der Waals surface area contributed by atoms with Crippen molar-refractivity contribution < 1.29 is 34.2 Å². The van der Waals surface area contributed by atoms with E-state index in [1.807, 2.05) is 37.3 Å². The van der Waals surface area contributed by atoms with Crippen molar-refractivity contribution in [3.05, 3.63) is 35.9 Å². The number of carbonyl (C=O) groups is 5. The average Bonchev–Trinajstić information content (AvgIpc) is 2.79. The highest BCUT2D eigenvalue weighted by atomic mass is 16.4. The molecule has 0 radical (unpaired) electrons. The number of hydrogen-bond acceptors (Lipinski definition) is 6. The van der Waals surface area contributed by atoms with Gasteiger partial charge < -0.3 is 31.9 Å².